The van der Waals surface area contributed by atoms with Gasteiger partial charge in [0, 0.05) is 6.54 Å². The lowest BCUT2D eigenvalue weighted by molar-refractivity contribution is -0.126. The minimum Gasteiger partial charge on any atom is -0.353 e. The maximum Gasteiger partial charge on any atom is 0.240 e. The summed E-state index contributed by atoms with van der Waals surface area (Å²) in [7, 11) is 0. The van der Waals surface area contributed by atoms with Gasteiger partial charge in [-0.3, -0.25) is 9.69 Å². The van der Waals surface area contributed by atoms with E-state index in [0.717, 1.165) is 38.8 Å². The average molecular weight is 315 g/mol. The first-order valence-corrected chi connectivity index (χ1v) is 8.96. The first-order valence-electron chi connectivity index (χ1n) is 8.96. The van der Waals surface area contributed by atoms with E-state index in [-0.39, 0.29) is 11.9 Å². The van der Waals surface area contributed by atoms with Crippen LogP contribution in [-0.2, 0) is 4.79 Å². The van der Waals surface area contributed by atoms with E-state index in [4.69, 9.17) is 5.73 Å². The Morgan fingerprint density at radius 2 is 1.78 bits per heavy atom. The van der Waals surface area contributed by atoms with Crippen molar-refractivity contribution in [2.75, 3.05) is 19.6 Å². The first kappa shape index (κ1) is 16.5. The van der Waals surface area contributed by atoms with Crippen molar-refractivity contribution in [1.29, 1.82) is 0 Å². The van der Waals surface area contributed by atoms with Gasteiger partial charge in [0.1, 0.15) is 0 Å². The Kier molecular flexibility index (Phi) is 5.02. The number of likely N-dealkylation sites (tertiary alicyclic amines) is 1. The zero-order valence-corrected chi connectivity index (χ0v) is 14.2. The molecule has 1 saturated heterocycles. The van der Waals surface area contributed by atoms with E-state index in [1.807, 2.05) is 0 Å². The Morgan fingerprint density at radius 1 is 1.17 bits per heavy atom. The minimum absolute atomic E-state index is 0.0336. The molecule has 1 aliphatic heterocycles. The summed E-state index contributed by atoms with van der Waals surface area (Å²) in [4.78, 5) is 15.0. The fourth-order valence-corrected chi connectivity index (χ4v) is 3.90. The van der Waals surface area contributed by atoms with Crippen molar-refractivity contribution in [3.05, 3.63) is 35.4 Å². The maximum absolute atomic E-state index is 12.5. The van der Waals surface area contributed by atoms with Gasteiger partial charge in [-0.1, -0.05) is 42.7 Å². The molecule has 2 fully saturated rings. The Hall–Kier alpha value is -1.39. The van der Waals surface area contributed by atoms with Crippen molar-refractivity contribution in [1.82, 2.24) is 10.2 Å². The lowest BCUT2D eigenvalue weighted by atomic mass is 9.97. The molecule has 1 heterocycles. The van der Waals surface area contributed by atoms with Gasteiger partial charge in [0.05, 0.1) is 11.6 Å². The van der Waals surface area contributed by atoms with E-state index in [1.54, 1.807) is 0 Å². The molecule has 0 radical (unpaired) electrons. The Bertz CT molecular complexity index is 528. The molecule has 4 nitrogen and oxygen atoms in total. The summed E-state index contributed by atoms with van der Waals surface area (Å²) < 4.78 is 0. The second-order valence-electron chi connectivity index (χ2n) is 7.24. The molecular weight excluding hydrogens is 286 g/mol. The van der Waals surface area contributed by atoms with Crippen molar-refractivity contribution < 1.29 is 4.79 Å². The molecule has 4 heteroatoms. The smallest absolute Gasteiger partial charge is 0.240 e. The Morgan fingerprint density at radius 3 is 2.39 bits per heavy atom. The van der Waals surface area contributed by atoms with Crippen LogP contribution >= 0.6 is 0 Å². The topological polar surface area (TPSA) is 58.4 Å². The molecule has 23 heavy (non-hydrogen) atoms. The number of benzene rings is 1. The van der Waals surface area contributed by atoms with E-state index >= 15 is 0 Å². The number of nitrogens with two attached hydrogens (primary N) is 1. The normalized spacial score (nSPS) is 22.2. The van der Waals surface area contributed by atoms with Gasteiger partial charge >= 0.3 is 0 Å². The van der Waals surface area contributed by atoms with Crippen LogP contribution in [0, 0.1) is 6.92 Å². The van der Waals surface area contributed by atoms with Crippen LogP contribution in [-0.4, -0.2) is 36.0 Å². The van der Waals surface area contributed by atoms with Crippen LogP contribution < -0.4 is 11.1 Å². The summed E-state index contributed by atoms with van der Waals surface area (Å²) in [5.41, 5.74) is 8.19. The van der Waals surface area contributed by atoms with E-state index in [1.165, 1.54) is 24.0 Å². The highest BCUT2D eigenvalue weighted by atomic mass is 16.2. The standard InChI is InChI=1S/C19H29N3O/c1-15-6-8-16(9-7-15)17(22-12-4-5-13-22)14-21-18(23)19(20)10-2-3-11-19/h6-9,17H,2-5,10-14,20H2,1H3,(H,21,23). The third-order valence-electron chi connectivity index (χ3n) is 5.45. The number of aryl methyl sites for hydroxylation is 1. The maximum atomic E-state index is 12.5. The quantitative estimate of drug-likeness (QED) is 0.878. The second kappa shape index (κ2) is 7.02. The van der Waals surface area contributed by atoms with Crippen LogP contribution in [0.5, 0.6) is 0 Å². The highest BCUT2D eigenvalue weighted by Crippen LogP contribution is 2.28. The van der Waals surface area contributed by atoms with Crippen LogP contribution in [0.3, 0.4) is 0 Å². The Labute approximate surface area is 139 Å². The predicted molar refractivity (Wildman–Crippen MR) is 93.1 cm³/mol. The largest absolute Gasteiger partial charge is 0.353 e. The van der Waals surface area contributed by atoms with E-state index in [0.29, 0.717) is 6.54 Å². The molecule has 3 rings (SSSR count). The fraction of sp³-hybridized carbons (Fsp3) is 0.632. The molecule has 1 aromatic carbocycles. The third kappa shape index (κ3) is 3.75. The molecule has 1 saturated carbocycles. The molecule has 1 aromatic rings. The molecule has 1 amide bonds. The number of carbonyl (C=O) groups is 1. The van der Waals surface area contributed by atoms with E-state index in [2.05, 4.69) is 41.4 Å². The molecule has 0 bridgehead atoms. The summed E-state index contributed by atoms with van der Waals surface area (Å²) in [6, 6.07) is 8.95. The van der Waals surface area contributed by atoms with Gasteiger partial charge in [-0.25, -0.2) is 0 Å². The zero-order valence-electron chi connectivity index (χ0n) is 14.2. The van der Waals surface area contributed by atoms with Gasteiger partial charge in [-0.2, -0.15) is 0 Å². The van der Waals surface area contributed by atoms with Crippen molar-refractivity contribution >= 4 is 5.91 Å². The molecule has 1 atom stereocenters. The summed E-state index contributed by atoms with van der Waals surface area (Å²) in [5.74, 6) is 0.0336. The lowest BCUT2D eigenvalue weighted by Crippen LogP contribution is -2.53. The number of hydrogen-bond acceptors (Lipinski definition) is 3. The second-order valence-corrected chi connectivity index (χ2v) is 7.24. The van der Waals surface area contributed by atoms with Gasteiger partial charge in [0.25, 0.3) is 0 Å². The van der Waals surface area contributed by atoms with Gasteiger partial charge in [-0.15, -0.1) is 0 Å². The predicted octanol–water partition coefficient (Wildman–Crippen LogP) is 2.52. The lowest BCUT2D eigenvalue weighted by Gasteiger charge is -2.30. The number of nitrogens with zero attached hydrogens (tertiary/aromatic N) is 1. The fourth-order valence-electron chi connectivity index (χ4n) is 3.90. The number of amides is 1. The van der Waals surface area contributed by atoms with Crippen LogP contribution in [0.2, 0.25) is 0 Å². The average Bonchev–Trinajstić information content (AvgIpc) is 3.21. The summed E-state index contributed by atoms with van der Waals surface area (Å²) >= 11 is 0. The molecule has 126 valence electrons. The molecule has 3 N–H and O–H groups in total. The highest BCUT2D eigenvalue weighted by molar-refractivity contribution is 5.86. The van der Waals surface area contributed by atoms with Crippen molar-refractivity contribution in [3.63, 3.8) is 0 Å². The van der Waals surface area contributed by atoms with Gasteiger partial charge in [-0.05, 0) is 51.3 Å². The van der Waals surface area contributed by atoms with Gasteiger partial charge in [0.15, 0.2) is 0 Å². The molecule has 0 spiro atoms. The molecular formula is C19H29N3O. The van der Waals surface area contributed by atoms with Crippen LogP contribution in [0.4, 0.5) is 0 Å². The molecule has 1 unspecified atom stereocenters. The monoisotopic (exact) mass is 315 g/mol. The SMILES string of the molecule is Cc1ccc(C(CNC(=O)C2(N)CCCC2)N2CCCC2)cc1. The van der Waals surface area contributed by atoms with Crippen LogP contribution in [0.15, 0.2) is 24.3 Å². The summed E-state index contributed by atoms with van der Waals surface area (Å²) in [6.07, 6.45) is 6.26. The zero-order chi connectivity index (χ0) is 16.3. The van der Waals surface area contributed by atoms with Crippen molar-refractivity contribution in [2.45, 2.75) is 57.0 Å². The van der Waals surface area contributed by atoms with E-state index in [9.17, 15) is 4.79 Å². The van der Waals surface area contributed by atoms with Gasteiger partial charge in [0.2, 0.25) is 5.91 Å². The first-order chi connectivity index (χ1) is 11.1. The number of rotatable bonds is 5. The number of hydrogen-bond donors (Lipinski definition) is 2. The number of nitrogens with one attached hydrogen (secondary N) is 1. The summed E-state index contributed by atoms with van der Waals surface area (Å²) in [6.45, 7) is 4.99. The van der Waals surface area contributed by atoms with Crippen LogP contribution in [0.1, 0.15) is 55.7 Å². The molecule has 1 aliphatic carbocycles. The van der Waals surface area contributed by atoms with E-state index < -0.39 is 5.54 Å². The summed E-state index contributed by atoms with van der Waals surface area (Å²) in [5, 5.41) is 3.15. The molecule has 2 aliphatic rings. The minimum atomic E-state index is -0.636. The van der Waals surface area contributed by atoms with Crippen molar-refractivity contribution in [3.8, 4) is 0 Å². The molecule has 0 aromatic heterocycles. The van der Waals surface area contributed by atoms with Gasteiger partial charge < -0.3 is 11.1 Å². The third-order valence-corrected chi connectivity index (χ3v) is 5.45. The number of carbonyl (C=O) groups excluding carboxylic acids is 1. The van der Waals surface area contributed by atoms with Crippen LogP contribution in [0.25, 0.3) is 0 Å². The van der Waals surface area contributed by atoms with Crippen molar-refractivity contribution in [2.24, 2.45) is 5.73 Å². The Balaban J connectivity index is 1.68. The highest BCUT2D eigenvalue weighted by Gasteiger charge is 2.37.